The summed E-state index contributed by atoms with van der Waals surface area (Å²) in [5.41, 5.74) is 1.70. The summed E-state index contributed by atoms with van der Waals surface area (Å²) in [6, 6.07) is 12.1. The fourth-order valence-electron chi connectivity index (χ4n) is 4.65. The standard InChI is InChI=1S/C26H24FN3O5/c1-15-12-20(16(2)30(15)19-7-5-18(27)6-8-19)21(31)14-29-24(32)26(3,28-25(29)33)17-4-9-22-23(13-17)35-11-10-34-22/h4-9,12-13H,10-11,14H2,1-3H3,(H,28,33)/t26-/m0/s1. The van der Waals surface area contributed by atoms with Gasteiger partial charge in [0.2, 0.25) is 0 Å². The average molecular weight is 477 g/mol. The first-order valence-electron chi connectivity index (χ1n) is 11.2. The number of nitrogens with zero attached hydrogens (tertiary/aromatic N) is 2. The lowest BCUT2D eigenvalue weighted by molar-refractivity contribution is -0.130. The van der Waals surface area contributed by atoms with Crippen LogP contribution in [-0.4, -0.2) is 46.9 Å². The number of aromatic nitrogens is 1. The van der Waals surface area contributed by atoms with Gasteiger partial charge in [-0.05, 0) is 68.8 Å². The molecule has 1 N–H and O–H groups in total. The van der Waals surface area contributed by atoms with E-state index in [0.29, 0.717) is 47.2 Å². The number of hydrogen-bond donors (Lipinski definition) is 1. The SMILES string of the molecule is Cc1cc(C(=O)CN2C(=O)N[C@@](C)(c3ccc4c(c3)OCCO4)C2=O)c(C)n1-c1ccc(F)cc1. The summed E-state index contributed by atoms with van der Waals surface area (Å²) in [6.45, 7) is 5.64. The zero-order valence-corrected chi connectivity index (χ0v) is 19.6. The van der Waals surface area contributed by atoms with Crippen molar-refractivity contribution in [3.05, 3.63) is 76.9 Å². The molecule has 0 saturated carbocycles. The molecule has 35 heavy (non-hydrogen) atoms. The first-order valence-corrected chi connectivity index (χ1v) is 11.2. The van der Waals surface area contributed by atoms with E-state index >= 15 is 0 Å². The minimum absolute atomic E-state index is 0.355. The van der Waals surface area contributed by atoms with Crippen LogP contribution in [0.15, 0.2) is 48.5 Å². The maximum absolute atomic E-state index is 13.4. The molecule has 1 aromatic heterocycles. The van der Waals surface area contributed by atoms with E-state index in [-0.39, 0.29) is 11.6 Å². The second-order valence-electron chi connectivity index (χ2n) is 8.82. The molecule has 3 aromatic rings. The molecule has 8 nitrogen and oxygen atoms in total. The van der Waals surface area contributed by atoms with Gasteiger partial charge >= 0.3 is 6.03 Å². The number of amides is 3. The number of fused-ring (bicyclic) bond motifs is 1. The number of benzene rings is 2. The number of carbonyl (C=O) groups excluding carboxylic acids is 3. The molecule has 2 aliphatic heterocycles. The maximum atomic E-state index is 13.4. The van der Waals surface area contributed by atoms with E-state index in [4.69, 9.17) is 9.47 Å². The molecular formula is C26H24FN3O5. The van der Waals surface area contributed by atoms with Gasteiger partial charge < -0.3 is 19.4 Å². The van der Waals surface area contributed by atoms with Crippen molar-refractivity contribution in [2.45, 2.75) is 26.3 Å². The molecule has 0 aliphatic carbocycles. The van der Waals surface area contributed by atoms with Gasteiger partial charge in [-0.3, -0.25) is 14.5 Å². The molecule has 5 rings (SSSR count). The Morgan fingerprint density at radius 2 is 1.71 bits per heavy atom. The smallest absolute Gasteiger partial charge is 0.325 e. The molecule has 2 aromatic carbocycles. The van der Waals surface area contributed by atoms with Crippen LogP contribution >= 0.6 is 0 Å². The summed E-state index contributed by atoms with van der Waals surface area (Å²) in [7, 11) is 0. The van der Waals surface area contributed by atoms with Crippen LogP contribution in [0.1, 0.15) is 34.2 Å². The fraction of sp³-hybridized carbons (Fsp3) is 0.269. The molecule has 3 heterocycles. The van der Waals surface area contributed by atoms with E-state index in [1.165, 1.54) is 12.1 Å². The Morgan fingerprint density at radius 3 is 2.43 bits per heavy atom. The lowest BCUT2D eigenvalue weighted by Crippen LogP contribution is -2.41. The minimum Gasteiger partial charge on any atom is -0.486 e. The van der Waals surface area contributed by atoms with E-state index < -0.39 is 24.0 Å². The second kappa shape index (κ2) is 8.26. The normalized spacial score (nSPS) is 19.1. The number of aryl methyl sites for hydroxylation is 1. The van der Waals surface area contributed by atoms with Crippen LogP contribution in [0.3, 0.4) is 0 Å². The predicted octanol–water partition coefficient (Wildman–Crippen LogP) is 3.65. The van der Waals surface area contributed by atoms with Crippen molar-refractivity contribution >= 4 is 17.7 Å². The summed E-state index contributed by atoms with van der Waals surface area (Å²) >= 11 is 0. The van der Waals surface area contributed by atoms with Gasteiger partial charge in [-0.2, -0.15) is 0 Å². The molecule has 1 saturated heterocycles. The first kappa shape index (κ1) is 22.6. The summed E-state index contributed by atoms with van der Waals surface area (Å²) in [4.78, 5) is 40.3. The Morgan fingerprint density at radius 1 is 1.03 bits per heavy atom. The number of hydrogen-bond acceptors (Lipinski definition) is 5. The topological polar surface area (TPSA) is 89.9 Å². The highest BCUT2D eigenvalue weighted by Crippen LogP contribution is 2.37. The first-order chi connectivity index (χ1) is 16.7. The van der Waals surface area contributed by atoms with Gasteiger partial charge in [-0.1, -0.05) is 6.07 Å². The molecule has 0 unspecified atom stereocenters. The quantitative estimate of drug-likeness (QED) is 0.448. The van der Waals surface area contributed by atoms with Gasteiger partial charge in [0, 0.05) is 22.6 Å². The fourth-order valence-corrected chi connectivity index (χ4v) is 4.65. The number of carbonyl (C=O) groups is 3. The number of halogens is 1. The number of imide groups is 1. The number of ketones is 1. The van der Waals surface area contributed by atoms with Crippen LogP contribution in [0.5, 0.6) is 11.5 Å². The van der Waals surface area contributed by atoms with Crippen LogP contribution in [0.2, 0.25) is 0 Å². The molecule has 0 spiro atoms. The number of ether oxygens (including phenoxy) is 2. The van der Waals surface area contributed by atoms with E-state index in [0.717, 1.165) is 10.6 Å². The van der Waals surface area contributed by atoms with Crippen molar-refractivity contribution in [2.75, 3.05) is 19.8 Å². The zero-order valence-electron chi connectivity index (χ0n) is 19.6. The van der Waals surface area contributed by atoms with Crippen molar-refractivity contribution in [3.63, 3.8) is 0 Å². The second-order valence-corrected chi connectivity index (χ2v) is 8.82. The van der Waals surface area contributed by atoms with Crippen LogP contribution in [0, 0.1) is 19.7 Å². The third-order valence-corrected chi connectivity index (χ3v) is 6.51. The van der Waals surface area contributed by atoms with Gasteiger partial charge in [0.05, 0.1) is 6.54 Å². The van der Waals surface area contributed by atoms with Gasteiger partial charge in [0.1, 0.15) is 24.6 Å². The highest BCUT2D eigenvalue weighted by atomic mass is 19.1. The molecule has 9 heteroatoms. The number of Topliss-reactive ketones (excluding diaryl/α,β-unsaturated/α-hetero) is 1. The zero-order chi connectivity index (χ0) is 24.9. The van der Waals surface area contributed by atoms with E-state index in [9.17, 15) is 18.8 Å². The van der Waals surface area contributed by atoms with Gasteiger partial charge in [-0.15, -0.1) is 0 Å². The highest BCUT2D eigenvalue weighted by molar-refractivity contribution is 6.11. The lowest BCUT2D eigenvalue weighted by atomic mass is 9.91. The van der Waals surface area contributed by atoms with Crippen molar-refractivity contribution < 1.29 is 28.2 Å². The Balaban J connectivity index is 1.40. The molecular weight excluding hydrogens is 453 g/mol. The summed E-state index contributed by atoms with van der Waals surface area (Å²) in [5.74, 6) is -0.183. The maximum Gasteiger partial charge on any atom is 0.325 e. The average Bonchev–Trinajstić information content (AvgIpc) is 3.26. The Hall–Kier alpha value is -4.14. The molecule has 0 radical (unpaired) electrons. The van der Waals surface area contributed by atoms with Crippen LogP contribution in [-0.2, 0) is 10.3 Å². The monoisotopic (exact) mass is 477 g/mol. The summed E-state index contributed by atoms with van der Waals surface area (Å²) in [5, 5.41) is 2.72. The lowest BCUT2D eigenvalue weighted by Gasteiger charge is -2.25. The molecule has 0 bridgehead atoms. The highest BCUT2D eigenvalue weighted by Gasteiger charge is 2.50. The number of urea groups is 1. The Kier molecular flexibility index (Phi) is 5.35. The molecule has 2 aliphatic rings. The molecule has 1 fully saturated rings. The van der Waals surface area contributed by atoms with Crippen molar-refractivity contribution in [3.8, 4) is 17.2 Å². The number of rotatable bonds is 5. The molecule has 1 atom stereocenters. The third kappa shape index (κ3) is 3.73. The molecule has 180 valence electrons. The van der Waals surface area contributed by atoms with Gasteiger partial charge in [0.25, 0.3) is 5.91 Å². The summed E-state index contributed by atoms with van der Waals surface area (Å²) in [6.07, 6.45) is 0. The van der Waals surface area contributed by atoms with E-state index in [1.807, 2.05) is 11.5 Å². The van der Waals surface area contributed by atoms with Crippen LogP contribution < -0.4 is 14.8 Å². The van der Waals surface area contributed by atoms with Crippen LogP contribution in [0.25, 0.3) is 5.69 Å². The predicted molar refractivity (Wildman–Crippen MR) is 125 cm³/mol. The largest absolute Gasteiger partial charge is 0.486 e. The third-order valence-electron chi connectivity index (χ3n) is 6.51. The number of nitrogens with one attached hydrogen (secondary N) is 1. The van der Waals surface area contributed by atoms with E-state index in [2.05, 4.69) is 5.32 Å². The van der Waals surface area contributed by atoms with Gasteiger partial charge in [-0.25, -0.2) is 9.18 Å². The van der Waals surface area contributed by atoms with Crippen molar-refractivity contribution in [1.29, 1.82) is 0 Å². The van der Waals surface area contributed by atoms with Gasteiger partial charge in [0.15, 0.2) is 17.3 Å². The Bertz CT molecular complexity index is 1360. The van der Waals surface area contributed by atoms with Crippen molar-refractivity contribution in [2.24, 2.45) is 0 Å². The summed E-state index contributed by atoms with van der Waals surface area (Å²) < 4.78 is 26.3. The van der Waals surface area contributed by atoms with Crippen LogP contribution in [0.4, 0.5) is 9.18 Å². The minimum atomic E-state index is -1.35. The van der Waals surface area contributed by atoms with Crippen molar-refractivity contribution in [1.82, 2.24) is 14.8 Å². The Labute approximate surface area is 201 Å². The molecule has 3 amide bonds. The van der Waals surface area contributed by atoms with E-state index in [1.54, 1.807) is 50.2 Å².